The molecule has 33 heavy (non-hydrogen) atoms. The second kappa shape index (κ2) is 9.29. The summed E-state index contributed by atoms with van der Waals surface area (Å²) in [5.41, 5.74) is 4.58. The van der Waals surface area contributed by atoms with Gasteiger partial charge in [0, 0.05) is 23.3 Å². The van der Waals surface area contributed by atoms with Gasteiger partial charge in [-0.25, -0.2) is 8.78 Å². The lowest BCUT2D eigenvalue weighted by atomic mass is 9.98. The molecule has 3 aromatic rings. The van der Waals surface area contributed by atoms with E-state index in [1.54, 1.807) is 0 Å². The zero-order chi connectivity index (χ0) is 23.6. The van der Waals surface area contributed by atoms with Crippen molar-refractivity contribution in [2.45, 2.75) is 59.0 Å². The second-order valence-electron chi connectivity index (χ2n) is 9.30. The van der Waals surface area contributed by atoms with E-state index < -0.39 is 6.43 Å². The first-order chi connectivity index (χ1) is 15.8. The second-order valence-corrected chi connectivity index (χ2v) is 9.30. The van der Waals surface area contributed by atoms with Crippen LogP contribution in [0.4, 0.5) is 8.78 Å². The van der Waals surface area contributed by atoms with E-state index in [1.807, 2.05) is 56.9 Å². The Kier molecular flexibility index (Phi) is 6.44. The van der Waals surface area contributed by atoms with E-state index in [4.69, 9.17) is 0 Å². The van der Waals surface area contributed by atoms with Gasteiger partial charge in [-0.15, -0.1) is 10.2 Å². The normalized spacial score (nSPS) is 14.6. The largest absolute Gasteiger partial charge is 0.351 e. The number of nitrogens with one attached hydrogen (secondary N) is 1. The molecule has 1 aliphatic heterocycles. The summed E-state index contributed by atoms with van der Waals surface area (Å²) in [6.45, 7) is 9.05. The standard InChI is InChI=1S/C25H30F2N6/c1-5-8-21-22(23(26)27)33(25(2,3)4)16-32(21)15-17-11-13-18(14-12-17)19-9-6-7-10-20(19)24-28-30-31-29-24/h6-7,9-14,23H,5,8,15-16H2,1-4H3,(H,28,29,30,31). The number of nitrogens with zero attached hydrogens (tertiary/aromatic N) is 5. The molecule has 174 valence electrons. The van der Waals surface area contributed by atoms with Crippen molar-refractivity contribution in [3.8, 4) is 22.5 Å². The van der Waals surface area contributed by atoms with Gasteiger partial charge >= 0.3 is 0 Å². The number of rotatable bonds is 7. The number of tetrazole rings is 1. The summed E-state index contributed by atoms with van der Waals surface area (Å²) in [5.74, 6) is 0.544. The summed E-state index contributed by atoms with van der Waals surface area (Å²) in [6, 6.07) is 16.2. The Morgan fingerprint density at radius 3 is 2.30 bits per heavy atom. The van der Waals surface area contributed by atoms with Crippen LogP contribution in [0.1, 0.15) is 46.1 Å². The Bertz CT molecular complexity index is 1100. The summed E-state index contributed by atoms with van der Waals surface area (Å²) < 4.78 is 28.1. The van der Waals surface area contributed by atoms with E-state index in [0.29, 0.717) is 25.5 Å². The Morgan fingerprint density at radius 2 is 1.73 bits per heavy atom. The van der Waals surface area contributed by atoms with Crippen LogP contribution < -0.4 is 0 Å². The number of alkyl halides is 2. The highest BCUT2D eigenvalue weighted by atomic mass is 19.3. The van der Waals surface area contributed by atoms with Crippen LogP contribution in [0.15, 0.2) is 59.9 Å². The molecule has 0 saturated heterocycles. The number of H-pyrrole nitrogens is 1. The van der Waals surface area contributed by atoms with Crippen molar-refractivity contribution >= 4 is 0 Å². The van der Waals surface area contributed by atoms with Crippen LogP contribution in [0.25, 0.3) is 22.5 Å². The zero-order valence-electron chi connectivity index (χ0n) is 19.5. The monoisotopic (exact) mass is 452 g/mol. The molecule has 0 radical (unpaired) electrons. The van der Waals surface area contributed by atoms with E-state index >= 15 is 0 Å². The van der Waals surface area contributed by atoms with Gasteiger partial charge in [-0.3, -0.25) is 0 Å². The predicted molar refractivity (Wildman–Crippen MR) is 125 cm³/mol. The molecule has 0 atom stereocenters. The molecule has 0 saturated carbocycles. The van der Waals surface area contributed by atoms with Gasteiger partial charge in [0.25, 0.3) is 6.43 Å². The van der Waals surface area contributed by atoms with Gasteiger partial charge in [0.1, 0.15) is 5.70 Å². The molecule has 0 bridgehead atoms. The molecule has 0 spiro atoms. The maximum absolute atomic E-state index is 14.1. The highest BCUT2D eigenvalue weighted by Crippen LogP contribution is 2.37. The molecular formula is C25H30F2N6. The van der Waals surface area contributed by atoms with Crippen molar-refractivity contribution in [2.75, 3.05) is 6.67 Å². The van der Waals surface area contributed by atoms with Crippen molar-refractivity contribution in [3.63, 3.8) is 0 Å². The first kappa shape index (κ1) is 22.9. The minimum atomic E-state index is -2.49. The minimum Gasteiger partial charge on any atom is -0.351 e. The Labute approximate surface area is 193 Å². The number of hydrogen-bond acceptors (Lipinski definition) is 5. The number of aromatic nitrogens is 4. The fraction of sp³-hybridized carbons (Fsp3) is 0.400. The average Bonchev–Trinajstić information content (AvgIpc) is 3.43. The third kappa shape index (κ3) is 4.74. The molecule has 0 fully saturated rings. The maximum atomic E-state index is 14.1. The van der Waals surface area contributed by atoms with E-state index in [1.165, 1.54) is 0 Å². The fourth-order valence-electron chi connectivity index (χ4n) is 4.35. The number of benzene rings is 2. The van der Waals surface area contributed by atoms with Gasteiger partial charge in [-0.05, 0) is 49.1 Å². The van der Waals surface area contributed by atoms with E-state index in [0.717, 1.165) is 34.4 Å². The zero-order valence-corrected chi connectivity index (χ0v) is 19.5. The molecule has 0 aliphatic carbocycles. The summed E-state index contributed by atoms with van der Waals surface area (Å²) in [4.78, 5) is 3.94. The van der Waals surface area contributed by atoms with Gasteiger partial charge in [0.15, 0.2) is 0 Å². The molecule has 6 nitrogen and oxygen atoms in total. The smallest absolute Gasteiger partial charge is 0.279 e. The average molecular weight is 453 g/mol. The van der Waals surface area contributed by atoms with Crippen LogP contribution in [0.2, 0.25) is 0 Å². The molecule has 1 N–H and O–H groups in total. The quantitative estimate of drug-likeness (QED) is 0.499. The third-order valence-electron chi connectivity index (χ3n) is 5.94. The number of aromatic amines is 1. The predicted octanol–water partition coefficient (Wildman–Crippen LogP) is 5.68. The van der Waals surface area contributed by atoms with Gasteiger partial charge < -0.3 is 9.80 Å². The highest BCUT2D eigenvalue weighted by Gasteiger charge is 2.38. The first-order valence-electron chi connectivity index (χ1n) is 11.3. The lowest BCUT2D eigenvalue weighted by molar-refractivity contribution is 0.0869. The van der Waals surface area contributed by atoms with Crippen LogP contribution in [0.3, 0.4) is 0 Å². The maximum Gasteiger partial charge on any atom is 0.279 e. The lowest BCUT2D eigenvalue weighted by Crippen LogP contribution is -2.42. The topological polar surface area (TPSA) is 60.9 Å². The van der Waals surface area contributed by atoms with E-state index in [-0.39, 0.29) is 11.2 Å². The molecule has 8 heteroatoms. The van der Waals surface area contributed by atoms with Crippen LogP contribution in [-0.2, 0) is 6.54 Å². The van der Waals surface area contributed by atoms with Crippen LogP contribution in [-0.4, -0.2) is 49.1 Å². The molecule has 0 unspecified atom stereocenters. The summed E-state index contributed by atoms with van der Waals surface area (Å²) >= 11 is 0. The van der Waals surface area contributed by atoms with Crippen LogP contribution >= 0.6 is 0 Å². The fourth-order valence-corrected chi connectivity index (χ4v) is 4.35. The van der Waals surface area contributed by atoms with Crippen LogP contribution in [0.5, 0.6) is 0 Å². The molecule has 1 aromatic heterocycles. The van der Waals surface area contributed by atoms with Gasteiger partial charge in [0.05, 0.1) is 6.67 Å². The molecule has 2 heterocycles. The molecule has 0 amide bonds. The van der Waals surface area contributed by atoms with Gasteiger partial charge in [0.2, 0.25) is 5.82 Å². The summed E-state index contributed by atoms with van der Waals surface area (Å²) in [5, 5.41) is 14.4. The first-order valence-corrected chi connectivity index (χ1v) is 11.3. The van der Waals surface area contributed by atoms with Gasteiger partial charge in [-0.1, -0.05) is 61.9 Å². The summed E-state index contributed by atoms with van der Waals surface area (Å²) in [6.07, 6.45) is -1.02. The van der Waals surface area contributed by atoms with Gasteiger partial charge in [-0.2, -0.15) is 5.21 Å². The third-order valence-corrected chi connectivity index (χ3v) is 5.94. The molecular weight excluding hydrogens is 422 g/mol. The number of allylic oxidation sites excluding steroid dienone is 2. The van der Waals surface area contributed by atoms with Crippen molar-refractivity contribution in [3.05, 3.63) is 65.5 Å². The van der Waals surface area contributed by atoms with Crippen LogP contribution in [0, 0.1) is 0 Å². The van der Waals surface area contributed by atoms with Crippen molar-refractivity contribution in [1.82, 2.24) is 30.4 Å². The molecule has 2 aromatic carbocycles. The Balaban J connectivity index is 1.60. The lowest BCUT2D eigenvalue weighted by Gasteiger charge is -2.36. The van der Waals surface area contributed by atoms with E-state index in [2.05, 4.69) is 49.8 Å². The van der Waals surface area contributed by atoms with Crippen molar-refractivity contribution in [1.29, 1.82) is 0 Å². The highest BCUT2D eigenvalue weighted by molar-refractivity contribution is 5.80. The number of hydrogen-bond donors (Lipinski definition) is 1. The minimum absolute atomic E-state index is 0.176. The SMILES string of the molecule is CCCC1=C(C(F)F)N(C(C)(C)C)CN1Cc1ccc(-c2ccccc2-c2nn[nH]n2)cc1. The van der Waals surface area contributed by atoms with Crippen molar-refractivity contribution in [2.24, 2.45) is 0 Å². The molecule has 4 rings (SSSR count). The Morgan fingerprint density at radius 1 is 1.03 bits per heavy atom. The van der Waals surface area contributed by atoms with Crippen molar-refractivity contribution < 1.29 is 8.78 Å². The van der Waals surface area contributed by atoms with E-state index in [9.17, 15) is 8.78 Å². The summed E-state index contributed by atoms with van der Waals surface area (Å²) in [7, 11) is 0. The Hall–Kier alpha value is -3.29. The molecule has 1 aliphatic rings. The number of halogens is 2.